The summed E-state index contributed by atoms with van der Waals surface area (Å²) in [4.78, 5) is 16.1. The molecular weight excluding hydrogens is 274 g/mol. The van der Waals surface area contributed by atoms with Crippen LogP contribution in [0.15, 0.2) is 48.5 Å². The zero-order chi connectivity index (χ0) is 16.1. The van der Waals surface area contributed by atoms with E-state index in [-0.39, 0.29) is 5.91 Å². The molecule has 0 aliphatic rings. The minimum absolute atomic E-state index is 0.0346. The summed E-state index contributed by atoms with van der Waals surface area (Å²) in [7, 11) is 5.69. The molecule has 2 aromatic carbocycles. The van der Waals surface area contributed by atoms with Gasteiger partial charge < -0.3 is 9.80 Å². The van der Waals surface area contributed by atoms with Crippen LogP contribution in [0.2, 0.25) is 0 Å². The minimum Gasteiger partial charge on any atom is -0.378 e. The van der Waals surface area contributed by atoms with Crippen LogP contribution >= 0.6 is 0 Å². The van der Waals surface area contributed by atoms with E-state index < -0.39 is 0 Å². The maximum absolute atomic E-state index is 12.4. The van der Waals surface area contributed by atoms with Crippen molar-refractivity contribution in [2.24, 2.45) is 0 Å². The van der Waals surface area contributed by atoms with Gasteiger partial charge in [-0.15, -0.1) is 0 Å². The van der Waals surface area contributed by atoms with Crippen molar-refractivity contribution in [3.63, 3.8) is 0 Å². The van der Waals surface area contributed by atoms with E-state index in [1.165, 1.54) is 0 Å². The topological polar surface area (TPSA) is 47.3 Å². The average molecular weight is 293 g/mol. The van der Waals surface area contributed by atoms with Gasteiger partial charge in [-0.05, 0) is 42.0 Å². The molecule has 4 heteroatoms. The number of nitriles is 1. The first-order valence-electron chi connectivity index (χ1n) is 7.03. The summed E-state index contributed by atoms with van der Waals surface area (Å²) in [6.07, 6.45) is 0. The molecule has 0 fully saturated rings. The standard InChI is InChI=1S/C18H19N3O/c1-20(2)17-9-7-16(8-10-17)18(22)21(3)13-15-6-4-5-14(11-15)12-19/h4-11H,13H2,1-3H3. The second kappa shape index (κ2) is 6.77. The molecule has 0 bridgehead atoms. The molecule has 22 heavy (non-hydrogen) atoms. The fourth-order valence-corrected chi connectivity index (χ4v) is 2.21. The van der Waals surface area contributed by atoms with E-state index in [1.807, 2.05) is 55.4 Å². The molecule has 0 aromatic heterocycles. The third kappa shape index (κ3) is 3.64. The molecule has 1 amide bonds. The molecule has 0 unspecified atom stereocenters. The van der Waals surface area contributed by atoms with Gasteiger partial charge in [-0.2, -0.15) is 5.26 Å². The number of nitrogens with zero attached hydrogens (tertiary/aromatic N) is 3. The van der Waals surface area contributed by atoms with E-state index in [0.29, 0.717) is 17.7 Å². The van der Waals surface area contributed by atoms with Gasteiger partial charge in [0, 0.05) is 38.9 Å². The summed E-state index contributed by atoms with van der Waals surface area (Å²) in [5.74, 6) is -0.0346. The van der Waals surface area contributed by atoms with Gasteiger partial charge >= 0.3 is 0 Å². The number of rotatable bonds is 4. The number of carbonyl (C=O) groups is 1. The average Bonchev–Trinajstić information content (AvgIpc) is 2.54. The maximum Gasteiger partial charge on any atom is 0.253 e. The van der Waals surface area contributed by atoms with Gasteiger partial charge in [-0.1, -0.05) is 12.1 Å². The minimum atomic E-state index is -0.0346. The van der Waals surface area contributed by atoms with Gasteiger partial charge in [0.05, 0.1) is 11.6 Å². The van der Waals surface area contributed by atoms with Crippen molar-refractivity contribution in [2.45, 2.75) is 6.54 Å². The highest BCUT2D eigenvalue weighted by Gasteiger charge is 2.12. The highest BCUT2D eigenvalue weighted by molar-refractivity contribution is 5.94. The van der Waals surface area contributed by atoms with Crippen LogP contribution in [0.4, 0.5) is 5.69 Å². The molecular formula is C18H19N3O. The highest BCUT2D eigenvalue weighted by atomic mass is 16.2. The second-order valence-corrected chi connectivity index (χ2v) is 5.41. The molecule has 4 nitrogen and oxygen atoms in total. The van der Waals surface area contributed by atoms with Gasteiger partial charge in [0.2, 0.25) is 0 Å². The number of benzene rings is 2. The van der Waals surface area contributed by atoms with Crippen molar-refractivity contribution >= 4 is 11.6 Å². The van der Waals surface area contributed by atoms with Crippen LogP contribution in [-0.4, -0.2) is 32.0 Å². The van der Waals surface area contributed by atoms with Gasteiger partial charge in [0.1, 0.15) is 0 Å². The molecule has 0 N–H and O–H groups in total. The van der Waals surface area contributed by atoms with Crippen molar-refractivity contribution < 1.29 is 4.79 Å². The van der Waals surface area contributed by atoms with E-state index in [0.717, 1.165) is 11.3 Å². The van der Waals surface area contributed by atoms with Gasteiger partial charge in [-0.3, -0.25) is 4.79 Å². The molecule has 0 saturated heterocycles. The lowest BCUT2D eigenvalue weighted by Gasteiger charge is -2.18. The summed E-state index contributed by atoms with van der Waals surface area (Å²) >= 11 is 0. The predicted molar refractivity (Wildman–Crippen MR) is 87.7 cm³/mol. The summed E-state index contributed by atoms with van der Waals surface area (Å²) in [5, 5.41) is 8.92. The third-order valence-corrected chi connectivity index (χ3v) is 3.45. The molecule has 0 atom stereocenters. The fourth-order valence-electron chi connectivity index (χ4n) is 2.21. The quantitative estimate of drug-likeness (QED) is 0.871. The van der Waals surface area contributed by atoms with Crippen LogP contribution in [0.1, 0.15) is 21.5 Å². The highest BCUT2D eigenvalue weighted by Crippen LogP contribution is 2.15. The number of amides is 1. The Bertz CT molecular complexity index is 699. The summed E-state index contributed by atoms with van der Waals surface area (Å²) < 4.78 is 0. The monoisotopic (exact) mass is 293 g/mol. The largest absolute Gasteiger partial charge is 0.378 e. The normalized spacial score (nSPS) is 9.91. The molecule has 0 saturated carbocycles. The van der Waals surface area contributed by atoms with E-state index in [1.54, 1.807) is 24.1 Å². The Morgan fingerprint density at radius 3 is 2.36 bits per heavy atom. The number of anilines is 1. The van der Waals surface area contributed by atoms with Gasteiger partial charge in [-0.25, -0.2) is 0 Å². The molecule has 2 rings (SSSR count). The van der Waals surface area contributed by atoms with Gasteiger partial charge in [0.15, 0.2) is 0 Å². The predicted octanol–water partition coefficient (Wildman–Crippen LogP) is 2.90. The van der Waals surface area contributed by atoms with E-state index >= 15 is 0 Å². The second-order valence-electron chi connectivity index (χ2n) is 5.41. The lowest BCUT2D eigenvalue weighted by atomic mass is 10.1. The Kier molecular flexibility index (Phi) is 4.80. The molecule has 0 aliphatic heterocycles. The van der Waals surface area contributed by atoms with Gasteiger partial charge in [0.25, 0.3) is 5.91 Å². The van der Waals surface area contributed by atoms with E-state index in [4.69, 9.17) is 5.26 Å². The lowest BCUT2D eigenvalue weighted by molar-refractivity contribution is 0.0785. The van der Waals surface area contributed by atoms with Crippen molar-refractivity contribution in [1.29, 1.82) is 5.26 Å². The Morgan fingerprint density at radius 2 is 1.77 bits per heavy atom. The third-order valence-electron chi connectivity index (χ3n) is 3.45. The van der Waals surface area contributed by atoms with E-state index in [2.05, 4.69) is 6.07 Å². The maximum atomic E-state index is 12.4. The van der Waals surface area contributed by atoms with Crippen LogP contribution in [0.5, 0.6) is 0 Å². The molecule has 0 aliphatic carbocycles. The zero-order valence-corrected chi connectivity index (χ0v) is 13.1. The zero-order valence-electron chi connectivity index (χ0n) is 13.1. The van der Waals surface area contributed by atoms with Crippen molar-refractivity contribution in [1.82, 2.24) is 4.90 Å². The smallest absolute Gasteiger partial charge is 0.253 e. The van der Waals surface area contributed by atoms with Crippen LogP contribution in [0, 0.1) is 11.3 Å². The number of carbonyl (C=O) groups excluding carboxylic acids is 1. The molecule has 2 aromatic rings. The molecule has 0 radical (unpaired) electrons. The summed E-state index contributed by atoms with van der Waals surface area (Å²) in [5.41, 5.74) is 3.26. The fraction of sp³-hybridized carbons (Fsp3) is 0.222. The Morgan fingerprint density at radius 1 is 1.09 bits per heavy atom. The lowest BCUT2D eigenvalue weighted by Crippen LogP contribution is -2.26. The number of hydrogen-bond donors (Lipinski definition) is 0. The molecule has 0 spiro atoms. The Balaban J connectivity index is 2.10. The van der Waals surface area contributed by atoms with E-state index in [9.17, 15) is 4.79 Å². The van der Waals surface area contributed by atoms with Crippen LogP contribution in [-0.2, 0) is 6.54 Å². The summed E-state index contributed by atoms with van der Waals surface area (Å²) in [6.45, 7) is 0.476. The van der Waals surface area contributed by atoms with Crippen LogP contribution < -0.4 is 4.90 Å². The van der Waals surface area contributed by atoms with Crippen molar-refractivity contribution in [2.75, 3.05) is 26.0 Å². The Hall–Kier alpha value is -2.80. The SMILES string of the molecule is CN(Cc1cccc(C#N)c1)C(=O)c1ccc(N(C)C)cc1. The van der Waals surface area contributed by atoms with Crippen molar-refractivity contribution in [3.8, 4) is 6.07 Å². The van der Waals surface area contributed by atoms with Crippen LogP contribution in [0.3, 0.4) is 0 Å². The van der Waals surface area contributed by atoms with Crippen LogP contribution in [0.25, 0.3) is 0 Å². The first kappa shape index (κ1) is 15.6. The molecule has 112 valence electrons. The van der Waals surface area contributed by atoms with Crippen molar-refractivity contribution in [3.05, 3.63) is 65.2 Å². The Labute approximate surface area is 131 Å². The first-order chi connectivity index (χ1) is 10.5. The first-order valence-corrected chi connectivity index (χ1v) is 7.03. The molecule has 0 heterocycles. The number of hydrogen-bond acceptors (Lipinski definition) is 3. The summed E-state index contributed by atoms with van der Waals surface area (Å²) in [6, 6.07) is 16.9.